The van der Waals surface area contributed by atoms with E-state index in [4.69, 9.17) is 6.42 Å². The molecule has 0 aliphatic carbocycles. The van der Waals surface area contributed by atoms with Gasteiger partial charge >= 0.3 is 5.69 Å². The largest absolute Gasteiger partial charge is 0.330 e. The van der Waals surface area contributed by atoms with E-state index < -0.39 is 32.2 Å². The molecule has 0 bridgehead atoms. The van der Waals surface area contributed by atoms with Crippen LogP contribution in [-0.4, -0.2) is 23.6 Å². The first-order valence-electron chi connectivity index (χ1n) is 5.43. The van der Waals surface area contributed by atoms with Crippen molar-refractivity contribution < 1.29 is 8.42 Å². The summed E-state index contributed by atoms with van der Waals surface area (Å²) in [4.78, 5) is 22.8. The first-order valence-corrected chi connectivity index (χ1v) is 6.91. The molecule has 1 N–H and O–H groups in total. The highest BCUT2D eigenvalue weighted by Gasteiger charge is 2.22. The zero-order valence-electron chi connectivity index (χ0n) is 10.9. The van der Waals surface area contributed by atoms with Gasteiger partial charge in [0, 0.05) is 32.8 Å². The highest BCUT2D eigenvalue weighted by atomic mass is 32.2. The third-order valence-electron chi connectivity index (χ3n) is 2.48. The fraction of sp³-hybridized carbons (Fsp3) is 0.455. The maximum atomic E-state index is 12.0. The van der Waals surface area contributed by atoms with Crippen molar-refractivity contribution in [1.82, 2.24) is 13.9 Å². The minimum atomic E-state index is -4.01. The molecule has 1 rings (SSSR count). The Bertz CT molecular complexity index is 737. The summed E-state index contributed by atoms with van der Waals surface area (Å²) in [6.07, 6.45) is 6.28. The van der Waals surface area contributed by atoms with Gasteiger partial charge in [-0.15, -0.1) is 12.3 Å². The smallest absolute Gasteiger partial charge is 0.302 e. The van der Waals surface area contributed by atoms with Crippen molar-refractivity contribution >= 4 is 10.0 Å². The molecule has 1 heterocycles. The maximum Gasteiger partial charge on any atom is 0.330 e. The molecule has 0 aliphatic heterocycles. The van der Waals surface area contributed by atoms with Crippen LogP contribution in [0.25, 0.3) is 0 Å². The molecule has 19 heavy (non-hydrogen) atoms. The van der Waals surface area contributed by atoms with Gasteiger partial charge in [-0.1, -0.05) is 0 Å². The summed E-state index contributed by atoms with van der Waals surface area (Å²) in [6, 6.07) is -0.503. The third kappa shape index (κ3) is 3.13. The van der Waals surface area contributed by atoms with E-state index >= 15 is 0 Å². The topological polar surface area (TPSA) is 90.2 Å². The molecule has 7 nitrogen and oxygen atoms in total. The molecule has 1 aromatic heterocycles. The Kier molecular flexibility index (Phi) is 4.34. The molecule has 1 atom stereocenters. The Hall–Kier alpha value is -1.85. The van der Waals surface area contributed by atoms with Crippen LogP contribution in [0, 0.1) is 12.3 Å². The summed E-state index contributed by atoms with van der Waals surface area (Å²) in [5.74, 6) is 2.32. The van der Waals surface area contributed by atoms with Gasteiger partial charge in [0.15, 0.2) is 4.90 Å². The molecule has 0 radical (unpaired) electrons. The molecule has 0 aliphatic rings. The zero-order valence-corrected chi connectivity index (χ0v) is 11.7. The number of nitrogens with one attached hydrogen (secondary N) is 1. The summed E-state index contributed by atoms with van der Waals surface area (Å²) in [5, 5.41) is 0. The number of terminal acetylenes is 1. The lowest BCUT2D eigenvalue weighted by atomic mass is 10.3. The van der Waals surface area contributed by atoms with Gasteiger partial charge in [-0.25, -0.2) is 17.9 Å². The van der Waals surface area contributed by atoms with Gasteiger partial charge in [0.05, 0.1) is 0 Å². The highest BCUT2D eigenvalue weighted by Crippen LogP contribution is 2.02. The van der Waals surface area contributed by atoms with Crippen LogP contribution in [0.15, 0.2) is 20.7 Å². The Morgan fingerprint density at radius 2 is 2.00 bits per heavy atom. The molecule has 0 aromatic carbocycles. The second-order valence-electron chi connectivity index (χ2n) is 4.18. The number of sulfonamides is 1. The lowest BCUT2D eigenvalue weighted by Crippen LogP contribution is -2.43. The molecule has 104 valence electrons. The maximum absolute atomic E-state index is 12.0. The van der Waals surface area contributed by atoms with Gasteiger partial charge in [-0.05, 0) is 6.92 Å². The fourth-order valence-corrected chi connectivity index (χ4v) is 2.91. The van der Waals surface area contributed by atoms with E-state index in [0.717, 1.165) is 15.3 Å². The van der Waals surface area contributed by atoms with Gasteiger partial charge in [-0.3, -0.25) is 9.36 Å². The van der Waals surface area contributed by atoms with Crippen molar-refractivity contribution in [3.05, 3.63) is 27.0 Å². The summed E-state index contributed by atoms with van der Waals surface area (Å²) >= 11 is 0. The number of aromatic nitrogens is 2. The standard InChI is InChI=1S/C11H15N3O4S/c1-5-6-8(2)12-19(17,18)9-7-13(3)11(16)14(4)10(9)15/h1,7-8,12H,6H2,2-4H3. The van der Waals surface area contributed by atoms with Gasteiger partial charge in [0.2, 0.25) is 10.0 Å². The van der Waals surface area contributed by atoms with Crippen LogP contribution >= 0.6 is 0 Å². The number of hydrogen-bond donors (Lipinski definition) is 1. The van der Waals surface area contributed by atoms with Crippen molar-refractivity contribution in [1.29, 1.82) is 0 Å². The third-order valence-corrected chi connectivity index (χ3v) is 4.06. The normalized spacial score (nSPS) is 12.9. The van der Waals surface area contributed by atoms with Crippen molar-refractivity contribution in [2.24, 2.45) is 14.1 Å². The van der Waals surface area contributed by atoms with Gasteiger partial charge in [0.25, 0.3) is 5.56 Å². The van der Waals surface area contributed by atoms with E-state index in [1.54, 1.807) is 6.92 Å². The van der Waals surface area contributed by atoms with Gasteiger partial charge < -0.3 is 4.57 Å². The monoisotopic (exact) mass is 285 g/mol. The lowest BCUT2D eigenvalue weighted by molar-refractivity contribution is 0.555. The van der Waals surface area contributed by atoms with Crippen LogP contribution < -0.4 is 16.0 Å². The molecule has 0 saturated carbocycles. The Morgan fingerprint density at radius 3 is 2.53 bits per heavy atom. The molecule has 1 aromatic rings. The number of aryl methyl sites for hydroxylation is 1. The molecule has 0 fully saturated rings. The van der Waals surface area contributed by atoms with E-state index in [-0.39, 0.29) is 6.42 Å². The first-order chi connectivity index (χ1) is 8.70. The van der Waals surface area contributed by atoms with Gasteiger partial charge in [0.1, 0.15) is 0 Å². The van der Waals surface area contributed by atoms with E-state index in [1.165, 1.54) is 14.1 Å². The summed E-state index contributed by atoms with van der Waals surface area (Å²) in [7, 11) is -1.43. The SMILES string of the molecule is C#CCC(C)NS(=O)(=O)c1cn(C)c(=O)n(C)c1=O. The van der Waals surface area contributed by atoms with Crippen molar-refractivity contribution in [2.75, 3.05) is 0 Å². The summed E-state index contributed by atoms with van der Waals surface area (Å²) in [5.41, 5.74) is -1.47. The van der Waals surface area contributed by atoms with Gasteiger partial charge in [-0.2, -0.15) is 0 Å². The van der Waals surface area contributed by atoms with Crippen LogP contribution in [0.4, 0.5) is 0 Å². The fourth-order valence-electron chi connectivity index (χ4n) is 1.51. The molecule has 0 saturated heterocycles. The predicted octanol–water partition coefficient (Wildman–Crippen LogP) is -1.23. The van der Waals surface area contributed by atoms with Crippen LogP contribution in [0.2, 0.25) is 0 Å². The number of nitrogens with zero attached hydrogens (tertiary/aromatic N) is 2. The highest BCUT2D eigenvalue weighted by molar-refractivity contribution is 7.89. The summed E-state index contributed by atoms with van der Waals surface area (Å²) < 4.78 is 28.1. The Morgan fingerprint density at radius 1 is 1.42 bits per heavy atom. The van der Waals surface area contributed by atoms with E-state index in [1.807, 2.05) is 0 Å². The van der Waals surface area contributed by atoms with Crippen LogP contribution in [-0.2, 0) is 24.1 Å². The van der Waals surface area contributed by atoms with Crippen molar-refractivity contribution in [3.8, 4) is 12.3 Å². The molecular formula is C11H15N3O4S. The molecule has 0 spiro atoms. The second kappa shape index (κ2) is 5.42. The van der Waals surface area contributed by atoms with E-state index in [0.29, 0.717) is 0 Å². The predicted molar refractivity (Wildman–Crippen MR) is 70.2 cm³/mol. The van der Waals surface area contributed by atoms with Crippen LogP contribution in [0.3, 0.4) is 0 Å². The van der Waals surface area contributed by atoms with Crippen LogP contribution in [0.5, 0.6) is 0 Å². The Labute approximate surface area is 110 Å². The zero-order chi connectivity index (χ0) is 14.8. The first kappa shape index (κ1) is 15.2. The quantitative estimate of drug-likeness (QED) is 0.702. The molecule has 1 unspecified atom stereocenters. The van der Waals surface area contributed by atoms with Crippen molar-refractivity contribution in [3.63, 3.8) is 0 Å². The summed E-state index contributed by atoms with van der Waals surface area (Å²) in [6.45, 7) is 1.59. The molecular weight excluding hydrogens is 270 g/mol. The van der Waals surface area contributed by atoms with Crippen molar-refractivity contribution in [2.45, 2.75) is 24.3 Å². The number of hydrogen-bond acceptors (Lipinski definition) is 4. The molecule has 0 amide bonds. The average molecular weight is 285 g/mol. The van der Waals surface area contributed by atoms with E-state index in [9.17, 15) is 18.0 Å². The van der Waals surface area contributed by atoms with E-state index in [2.05, 4.69) is 10.6 Å². The number of rotatable bonds is 4. The van der Waals surface area contributed by atoms with Crippen LogP contribution in [0.1, 0.15) is 13.3 Å². The minimum absolute atomic E-state index is 0.200. The second-order valence-corrected chi connectivity index (χ2v) is 5.86. The lowest BCUT2D eigenvalue weighted by Gasteiger charge is -2.12. The molecule has 8 heteroatoms. The average Bonchev–Trinajstić information content (AvgIpc) is 2.30. The minimum Gasteiger partial charge on any atom is -0.302 e. The Balaban J connectivity index is 3.36.